The number of ether oxygens (including phenoxy) is 4. The first-order valence-electron chi connectivity index (χ1n) is 19.8. The van der Waals surface area contributed by atoms with E-state index in [1.165, 1.54) is 12.3 Å². The molecular weight excluding hydrogens is 812 g/mol. The van der Waals surface area contributed by atoms with Crippen molar-refractivity contribution >= 4 is 69.5 Å². The summed E-state index contributed by atoms with van der Waals surface area (Å²) < 4.78 is 22.4. The highest BCUT2D eigenvalue weighted by molar-refractivity contribution is 6.31. The summed E-state index contributed by atoms with van der Waals surface area (Å²) >= 11 is 6.39. The van der Waals surface area contributed by atoms with E-state index in [1.54, 1.807) is 36.5 Å². The summed E-state index contributed by atoms with van der Waals surface area (Å²) in [6, 6.07) is 15.5. The molecule has 2 saturated heterocycles. The van der Waals surface area contributed by atoms with Crippen LogP contribution in [0.4, 0.5) is 10.5 Å². The fourth-order valence-electron chi connectivity index (χ4n) is 8.09. The molecule has 4 heterocycles. The number of benzene rings is 3. The van der Waals surface area contributed by atoms with Gasteiger partial charge in [0.25, 0.3) is 23.6 Å². The Kier molecular flexibility index (Phi) is 12.1. The van der Waals surface area contributed by atoms with Gasteiger partial charge in [-0.1, -0.05) is 41.9 Å². The van der Waals surface area contributed by atoms with E-state index in [4.69, 9.17) is 30.5 Å². The first-order chi connectivity index (χ1) is 29.6. The maximum absolute atomic E-state index is 13.8. The predicted octanol–water partition coefficient (Wildman–Crippen LogP) is 3.52. The molecule has 8 rings (SSSR count). The van der Waals surface area contributed by atoms with E-state index in [0.29, 0.717) is 39.9 Å². The Hall–Kier alpha value is -6.27. The van der Waals surface area contributed by atoms with Crippen molar-refractivity contribution < 1.29 is 52.5 Å². The molecule has 1 spiro atoms. The minimum Gasteiger partial charge on any atom is -0.490 e. The molecule has 1 aliphatic carbocycles. The number of fused-ring (bicyclic) bond motifs is 2. The van der Waals surface area contributed by atoms with E-state index >= 15 is 0 Å². The zero-order chi connectivity index (χ0) is 42.7. The van der Waals surface area contributed by atoms with Gasteiger partial charge >= 0.3 is 6.03 Å². The summed E-state index contributed by atoms with van der Waals surface area (Å²) in [5, 5.41) is 9.71. The fourth-order valence-corrected chi connectivity index (χ4v) is 8.38. The fraction of sp³-hybridized carbons (Fsp3) is 0.349. The summed E-state index contributed by atoms with van der Waals surface area (Å²) in [6.07, 6.45) is 4.00. The maximum atomic E-state index is 13.8. The standard InChI is InChI=1S/C43H41ClN6O11/c44-31-6-2-1-4-28(31)27-21-43(22-27)41(56)50(42(57)48-43)33-24-45-23-26-9-8-25(20-30(26)33)37(52)46-12-13-58-14-15-59-16-17-60-18-19-61-34-7-3-5-29-36(34)40(55)49(39(29)54)32-10-11-35(51)47-38(32)53/h1-9,20,23-24,27,32H,10-19,21-22H2,(H,46,52)(H,48,57)(H,47,51,53). The Morgan fingerprint density at radius 1 is 0.852 bits per heavy atom. The van der Waals surface area contributed by atoms with E-state index in [9.17, 15) is 33.6 Å². The zero-order valence-electron chi connectivity index (χ0n) is 32.8. The molecule has 4 aromatic rings. The smallest absolute Gasteiger partial charge is 0.329 e. The number of pyridine rings is 1. The SMILES string of the molecule is O=C1CCC(N2C(=O)c3cccc(OCCOCCOCCOCCNC(=O)c4ccc5cncc(N6C(=O)NC7(CC(c8ccccc8Cl)C7)C6=O)c5c4)c3C2=O)C(=O)N1. The topological polar surface area (TPSA) is 212 Å². The average Bonchev–Trinajstić information content (AvgIpc) is 3.66. The molecule has 316 valence electrons. The lowest BCUT2D eigenvalue weighted by Gasteiger charge is -2.43. The van der Waals surface area contributed by atoms with Gasteiger partial charge in [-0.15, -0.1) is 0 Å². The van der Waals surface area contributed by atoms with Gasteiger partial charge in [-0.3, -0.25) is 44.0 Å². The van der Waals surface area contributed by atoms with E-state index in [-0.39, 0.29) is 100 Å². The van der Waals surface area contributed by atoms with Gasteiger partial charge in [0.15, 0.2) is 0 Å². The number of anilines is 1. The highest BCUT2D eigenvalue weighted by Crippen LogP contribution is 2.50. The van der Waals surface area contributed by atoms with Crippen LogP contribution in [0.1, 0.15) is 68.2 Å². The number of imide groups is 3. The lowest BCUT2D eigenvalue weighted by atomic mass is 9.65. The predicted molar refractivity (Wildman–Crippen MR) is 217 cm³/mol. The molecule has 1 aromatic heterocycles. The van der Waals surface area contributed by atoms with E-state index in [1.807, 2.05) is 24.3 Å². The molecular formula is C43H41ClN6O11. The van der Waals surface area contributed by atoms with Crippen molar-refractivity contribution in [3.8, 4) is 5.75 Å². The van der Waals surface area contributed by atoms with E-state index in [2.05, 4.69) is 20.9 Å². The second-order valence-electron chi connectivity index (χ2n) is 14.9. The second kappa shape index (κ2) is 17.8. The number of carbonyl (C=O) groups excluding carboxylic acids is 7. The summed E-state index contributed by atoms with van der Waals surface area (Å²) in [4.78, 5) is 96.4. The number of urea groups is 1. The number of rotatable bonds is 17. The van der Waals surface area contributed by atoms with Crippen LogP contribution in [-0.4, -0.2) is 116 Å². The monoisotopic (exact) mass is 852 g/mol. The van der Waals surface area contributed by atoms with Crippen LogP contribution in [0.5, 0.6) is 5.75 Å². The van der Waals surface area contributed by atoms with Crippen LogP contribution in [0.2, 0.25) is 5.02 Å². The molecule has 0 radical (unpaired) electrons. The van der Waals surface area contributed by atoms with Gasteiger partial charge in [-0.2, -0.15) is 0 Å². The Morgan fingerprint density at radius 3 is 2.34 bits per heavy atom. The molecule has 8 amide bonds. The van der Waals surface area contributed by atoms with Crippen LogP contribution < -0.4 is 25.6 Å². The molecule has 1 saturated carbocycles. The van der Waals surface area contributed by atoms with Gasteiger partial charge in [0.2, 0.25) is 11.8 Å². The molecule has 1 atom stereocenters. The first-order valence-corrected chi connectivity index (χ1v) is 20.2. The normalized spacial score (nSPS) is 20.9. The highest BCUT2D eigenvalue weighted by Gasteiger charge is 2.59. The van der Waals surface area contributed by atoms with Gasteiger partial charge in [0.05, 0.1) is 62.7 Å². The number of hydrogen-bond donors (Lipinski definition) is 3. The van der Waals surface area contributed by atoms with Crippen molar-refractivity contribution in [1.29, 1.82) is 0 Å². The van der Waals surface area contributed by atoms with Crippen molar-refractivity contribution in [2.45, 2.75) is 43.2 Å². The number of aromatic nitrogens is 1. The Morgan fingerprint density at radius 2 is 1.59 bits per heavy atom. The van der Waals surface area contributed by atoms with E-state index < -0.39 is 41.2 Å². The van der Waals surface area contributed by atoms with Crippen LogP contribution in [0.3, 0.4) is 0 Å². The number of nitrogens with one attached hydrogen (secondary N) is 3. The van der Waals surface area contributed by atoms with Crippen LogP contribution in [0, 0.1) is 0 Å². The lowest BCUT2D eigenvalue weighted by molar-refractivity contribution is -0.136. The summed E-state index contributed by atoms with van der Waals surface area (Å²) in [5.41, 5.74) is 0.748. The molecule has 17 nitrogen and oxygen atoms in total. The molecule has 61 heavy (non-hydrogen) atoms. The average molecular weight is 853 g/mol. The number of carbonyl (C=O) groups is 7. The molecule has 4 aliphatic rings. The number of amides is 8. The van der Waals surface area contributed by atoms with Gasteiger partial charge < -0.3 is 29.6 Å². The van der Waals surface area contributed by atoms with Gasteiger partial charge in [0, 0.05) is 40.5 Å². The van der Waals surface area contributed by atoms with Crippen LogP contribution in [0.25, 0.3) is 10.8 Å². The van der Waals surface area contributed by atoms with Crippen molar-refractivity contribution in [3.05, 3.63) is 100 Å². The first kappa shape index (κ1) is 41.5. The summed E-state index contributed by atoms with van der Waals surface area (Å²) in [6.45, 7) is 1.83. The number of nitrogens with zero attached hydrogens (tertiary/aromatic N) is 3. The largest absolute Gasteiger partial charge is 0.490 e. The molecule has 3 aromatic carbocycles. The molecule has 0 bridgehead atoms. The third-order valence-corrected chi connectivity index (χ3v) is 11.5. The van der Waals surface area contributed by atoms with Crippen molar-refractivity contribution in [3.63, 3.8) is 0 Å². The zero-order valence-corrected chi connectivity index (χ0v) is 33.5. The third kappa shape index (κ3) is 8.29. The van der Waals surface area contributed by atoms with Crippen molar-refractivity contribution in [2.75, 3.05) is 57.7 Å². The van der Waals surface area contributed by atoms with Gasteiger partial charge in [-0.25, -0.2) is 9.69 Å². The quantitative estimate of drug-likeness (QED) is 0.0792. The van der Waals surface area contributed by atoms with Crippen LogP contribution in [0.15, 0.2) is 73.1 Å². The second-order valence-corrected chi connectivity index (χ2v) is 15.3. The summed E-state index contributed by atoms with van der Waals surface area (Å²) in [5.74, 6) is -2.88. The van der Waals surface area contributed by atoms with Crippen molar-refractivity contribution in [2.24, 2.45) is 0 Å². The Bertz CT molecular complexity index is 2440. The highest BCUT2D eigenvalue weighted by atomic mass is 35.5. The maximum Gasteiger partial charge on any atom is 0.329 e. The molecule has 18 heteroatoms. The molecule has 3 N–H and O–H groups in total. The molecule has 1 unspecified atom stereocenters. The van der Waals surface area contributed by atoms with Crippen molar-refractivity contribution in [1.82, 2.24) is 25.8 Å². The molecule has 3 aliphatic heterocycles. The Labute approximate surface area is 354 Å². The lowest BCUT2D eigenvalue weighted by Crippen LogP contribution is -2.56. The van der Waals surface area contributed by atoms with Crippen LogP contribution in [-0.2, 0) is 28.6 Å². The molecule has 3 fully saturated rings. The number of halogens is 1. The minimum atomic E-state index is -1.07. The number of hydrogen-bond acceptors (Lipinski definition) is 12. The van der Waals surface area contributed by atoms with E-state index in [0.717, 1.165) is 15.4 Å². The Balaban J connectivity index is 0.721. The summed E-state index contributed by atoms with van der Waals surface area (Å²) in [7, 11) is 0. The van der Waals surface area contributed by atoms with Gasteiger partial charge in [0.1, 0.15) is 23.9 Å². The number of piperidine rings is 1. The van der Waals surface area contributed by atoms with Gasteiger partial charge in [-0.05, 0) is 61.1 Å². The third-order valence-electron chi connectivity index (χ3n) is 11.1. The minimum absolute atomic E-state index is 0.0284. The van der Waals surface area contributed by atoms with Crippen LogP contribution >= 0.6 is 11.6 Å².